The molecule has 0 radical (unpaired) electrons. The fourth-order valence-corrected chi connectivity index (χ4v) is 2.87. The Balaban J connectivity index is 1.97. The van der Waals surface area contributed by atoms with Crippen LogP contribution in [0.25, 0.3) is 0 Å². The molecule has 0 amide bonds. The van der Waals surface area contributed by atoms with E-state index >= 15 is 0 Å². The van der Waals surface area contributed by atoms with Gasteiger partial charge >= 0.3 is 0 Å². The van der Waals surface area contributed by atoms with Crippen molar-refractivity contribution in [2.24, 2.45) is 5.92 Å². The van der Waals surface area contributed by atoms with E-state index in [4.69, 9.17) is 0 Å². The monoisotopic (exact) mass is 282 g/mol. The first-order valence-electron chi connectivity index (χ1n) is 6.15. The Labute approximate surface area is 106 Å². The van der Waals surface area contributed by atoms with Crippen molar-refractivity contribution in [1.29, 1.82) is 0 Å². The van der Waals surface area contributed by atoms with E-state index in [1.54, 1.807) is 0 Å². The van der Waals surface area contributed by atoms with Gasteiger partial charge in [-0.15, -0.1) is 0 Å². The van der Waals surface area contributed by atoms with Gasteiger partial charge in [0.15, 0.2) is 0 Å². The van der Waals surface area contributed by atoms with Crippen molar-refractivity contribution in [2.75, 3.05) is 5.32 Å². The summed E-state index contributed by atoms with van der Waals surface area (Å²) in [7, 11) is 0. The smallest absolute Gasteiger partial charge is 0.0590 e. The van der Waals surface area contributed by atoms with Crippen LogP contribution in [0, 0.1) is 5.92 Å². The van der Waals surface area contributed by atoms with E-state index in [1.807, 2.05) is 18.5 Å². The zero-order valence-electron chi connectivity index (χ0n) is 9.75. The lowest BCUT2D eigenvalue weighted by molar-refractivity contribution is 0.327. The molecule has 2 atom stereocenters. The molecule has 0 aromatic carbocycles. The van der Waals surface area contributed by atoms with E-state index in [9.17, 15) is 0 Å². The quantitative estimate of drug-likeness (QED) is 0.898. The summed E-state index contributed by atoms with van der Waals surface area (Å²) in [6.07, 6.45) is 10.4. The van der Waals surface area contributed by atoms with Crippen LogP contribution in [0.15, 0.2) is 22.9 Å². The van der Waals surface area contributed by atoms with Crippen LogP contribution in [0.3, 0.4) is 0 Å². The predicted octanol–water partition coefficient (Wildman–Crippen LogP) is 4.22. The average Bonchev–Trinajstić information content (AvgIpc) is 2.32. The van der Waals surface area contributed by atoms with E-state index < -0.39 is 0 Å². The van der Waals surface area contributed by atoms with E-state index in [1.165, 1.54) is 37.8 Å². The molecule has 0 aliphatic heterocycles. The summed E-state index contributed by atoms with van der Waals surface area (Å²) in [6, 6.07) is 2.68. The van der Waals surface area contributed by atoms with E-state index in [0.29, 0.717) is 6.04 Å². The van der Waals surface area contributed by atoms with Gasteiger partial charge in [-0.05, 0) is 40.8 Å². The Hall–Kier alpha value is -0.570. The second kappa shape index (κ2) is 5.67. The number of rotatable bonds is 3. The molecule has 0 spiro atoms. The molecule has 1 heterocycles. The highest BCUT2D eigenvalue weighted by Gasteiger charge is 2.20. The summed E-state index contributed by atoms with van der Waals surface area (Å²) in [5.74, 6) is 0.909. The van der Waals surface area contributed by atoms with Crippen molar-refractivity contribution >= 4 is 21.6 Å². The first kappa shape index (κ1) is 11.9. The third-order valence-corrected chi connectivity index (χ3v) is 4.12. The molecule has 1 aliphatic rings. The van der Waals surface area contributed by atoms with E-state index in [-0.39, 0.29) is 0 Å². The van der Waals surface area contributed by atoms with Crippen molar-refractivity contribution in [3.63, 3.8) is 0 Å². The zero-order valence-corrected chi connectivity index (χ0v) is 11.3. The Kier molecular flexibility index (Phi) is 4.22. The molecule has 1 N–H and O–H groups in total. The number of hydrogen-bond acceptors (Lipinski definition) is 2. The Bertz CT molecular complexity index is 340. The molecule has 1 aliphatic carbocycles. The van der Waals surface area contributed by atoms with Gasteiger partial charge in [-0.25, -0.2) is 0 Å². The molecule has 2 rings (SSSR count). The molecule has 1 saturated carbocycles. The number of hydrogen-bond donors (Lipinski definition) is 1. The van der Waals surface area contributed by atoms with Crippen LogP contribution < -0.4 is 5.32 Å². The SMILES string of the molecule is CCC1CCCC(Nc2ccncc2Br)C1. The van der Waals surface area contributed by atoms with Crippen LogP contribution in [-0.2, 0) is 0 Å². The van der Waals surface area contributed by atoms with Gasteiger partial charge < -0.3 is 5.32 Å². The highest BCUT2D eigenvalue weighted by atomic mass is 79.9. The third kappa shape index (κ3) is 2.97. The summed E-state index contributed by atoms with van der Waals surface area (Å²) >= 11 is 3.53. The molecule has 88 valence electrons. The largest absolute Gasteiger partial charge is 0.381 e. The number of nitrogens with one attached hydrogen (secondary N) is 1. The number of nitrogens with zero attached hydrogens (tertiary/aromatic N) is 1. The molecule has 2 unspecified atom stereocenters. The van der Waals surface area contributed by atoms with Gasteiger partial charge in [0.2, 0.25) is 0 Å². The number of pyridine rings is 1. The summed E-state index contributed by atoms with van der Waals surface area (Å²) < 4.78 is 1.06. The van der Waals surface area contributed by atoms with Gasteiger partial charge in [0.25, 0.3) is 0 Å². The lowest BCUT2D eigenvalue weighted by atomic mass is 9.84. The summed E-state index contributed by atoms with van der Waals surface area (Å²) in [4.78, 5) is 4.08. The van der Waals surface area contributed by atoms with E-state index in [0.717, 1.165) is 10.4 Å². The maximum absolute atomic E-state index is 4.08. The summed E-state index contributed by atoms with van der Waals surface area (Å²) in [6.45, 7) is 2.30. The lowest BCUT2D eigenvalue weighted by Crippen LogP contribution is -2.27. The highest BCUT2D eigenvalue weighted by molar-refractivity contribution is 9.10. The molecule has 2 nitrogen and oxygen atoms in total. The Morgan fingerprint density at radius 3 is 3.12 bits per heavy atom. The van der Waals surface area contributed by atoms with Crippen molar-refractivity contribution in [3.05, 3.63) is 22.9 Å². The Morgan fingerprint density at radius 1 is 1.50 bits per heavy atom. The van der Waals surface area contributed by atoms with Gasteiger partial charge in [-0.3, -0.25) is 4.98 Å². The molecular formula is C13H19BrN2. The number of halogens is 1. The fraction of sp³-hybridized carbons (Fsp3) is 0.615. The maximum atomic E-state index is 4.08. The molecule has 16 heavy (non-hydrogen) atoms. The summed E-state index contributed by atoms with van der Waals surface area (Å²) in [5.41, 5.74) is 1.18. The fourth-order valence-electron chi connectivity index (χ4n) is 2.51. The normalized spacial score (nSPS) is 25.4. The van der Waals surface area contributed by atoms with Crippen molar-refractivity contribution in [3.8, 4) is 0 Å². The van der Waals surface area contributed by atoms with Crippen LogP contribution in [-0.4, -0.2) is 11.0 Å². The number of aromatic nitrogens is 1. The molecule has 3 heteroatoms. The summed E-state index contributed by atoms with van der Waals surface area (Å²) in [5, 5.41) is 3.63. The first-order chi connectivity index (χ1) is 7.79. The molecule has 0 saturated heterocycles. The molecule has 0 bridgehead atoms. The minimum atomic E-state index is 0.636. The highest BCUT2D eigenvalue weighted by Crippen LogP contribution is 2.30. The predicted molar refractivity (Wildman–Crippen MR) is 71.6 cm³/mol. The third-order valence-electron chi connectivity index (χ3n) is 3.49. The van der Waals surface area contributed by atoms with Gasteiger partial charge in [0.1, 0.15) is 0 Å². The molecule has 1 aromatic rings. The van der Waals surface area contributed by atoms with Crippen LogP contribution >= 0.6 is 15.9 Å². The van der Waals surface area contributed by atoms with Crippen LogP contribution in [0.4, 0.5) is 5.69 Å². The number of anilines is 1. The molecular weight excluding hydrogens is 264 g/mol. The second-order valence-corrected chi connectivity index (χ2v) is 5.49. The van der Waals surface area contributed by atoms with Gasteiger partial charge in [-0.1, -0.05) is 26.2 Å². The van der Waals surface area contributed by atoms with Gasteiger partial charge in [0, 0.05) is 18.4 Å². The topological polar surface area (TPSA) is 24.9 Å². The zero-order chi connectivity index (χ0) is 11.4. The Morgan fingerprint density at radius 2 is 2.38 bits per heavy atom. The minimum absolute atomic E-state index is 0.636. The van der Waals surface area contributed by atoms with Crippen molar-refractivity contribution in [2.45, 2.75) is 45.1 Å². The van der Waals surface area contributed by atoms with Crippen molar-refractivity contribution < 1.29 is 0 Å². The van der Waals surface area contributed by atoms with Crippen molar-refractivity contribution in [1.82, 2.24) is 4.98 Å². The van der Waals surface area contributed by atoms with Gasteiger partial charge in [0.05, 0.1) is 10.2 Å². The molecule has 1 aromatic heterocycles. The average molecular weight is 283 g/mol. The van der Waals surface area contributed by atoms with E-state index in [2.05, 4.69) is 33.2 Å². The second-order valence-electron chi connectivity index (χ2n) is 4.64. The van der Waals surface area contributed by atoms with Crippen LogP contribution in [0.1, 0.15) is 39.0 Å². The standard InChI is InChI=1S/C13H19BrN2/c1-2-10-4-3-5-11(8-10)16-13-6-7-15-9-12(13)14/h6-7,9-11H,2-5,8H2,1H3,(H,15,16). The lowest BCUT2D eigenvalue weighted by Gasteiger charge is -2.30. The molecule has 1 fully saturated rings. The van der Waals surface area contributed by atoms with Crippen LogP contribution in [0.2, 0.25) is 0 Å². The van der Waals surface area contributed by atoms with Crippen LogP contribution in [0.5, 0.6) is 0 Å². The van der Waals surface area contributed by atoms with Gasteiger partial charge in [-0.2, -0.15) is 0 Å². The first-order valence-corrected chi connectivity index (χ1v) is 6.95. The minimum Gasteiger partial charge on any atom is -0.381 e. The maximum Gasteiger partial charge on any atom is 0.0590 e.